The third-order valence-electron chi connectivity index (χ3n) is 4.78. The van der Waals surface area contributed by atoms with E-state index in [4.69, 9.17) is 0 Å². The molecule has 4 rings (SSSR count). The van der Waals surface area contributed by atoms with Crippen LogP contribution >= 0.6 is 23.1 Å². The van der Waals surface area contributed by atoms with Gasteiger partial charge in [-0.05, 0) is 36.8 Å². The monoisotopic (exact) mass is 399 g/mol. The fourth-order valence-electron chi connectivity index (χ4n) is 3.23. The number of hydrogen-bond donors (Lipinski definition) is 0. The highest BCUT2D eigenvalue weighted by Crippen LogP contribution is 2.22. The Hall–Kier alpha value is -2.12. The molecule has 7 heteroatoms. The van der Waals surface area contributed by atoms with Gasteiger partial charge in [-0.15, -0.1) is 11.3 Å². The molecule has 1 aliphatic rings. The number of fused-ring (bicyclic) bond motifs is 1. The zero-order valence-electron chi connectivity index (χ0n) is 15.2. The Morgan fingerprint density at radius 3 is 2.67 bits per heavy atom. The highest BCUT2D eigenvalue weighted by molar-refractivity contribution is 7.99. The van der Waals surface area contributed by atoms with Crippen LogP contribution in [0.25, 0.3) is 10.2 Å². The molecule has 27 heavy (non-hydrogen) atoms. The molecule has 0 unspecified atom stereocenters. The molecule has 0 bridgehead atoms. The van der Waals surface area contributed by atoms with Crippen molar-refractivity contribution in [2.24, 2.45) is 0 Å². The van der Waals surface area contributed by atoms with Crippen molar-refractivity contribution >= 4 is 39.2 Å². The number of likely N-dealkylation sites (tertiary alicyclic amines) is 1. The summed E-state index contributed by atoms with van der Waals surface area (Å²) in [6, 6.07) is 10.0. The van der Waals surface area contributed by atoms with Gasteiger partial charge in [0.2, 0.25) is 5.91 Å². The van der Waals surface area contributed by atoms with Crippen molar-refractivity contribution in [3.05, 3.63) is 57.2 Å². The molecule has 1 aromatic carbocycles. The van der Waals surface area contributed by atoms with Crippen molar-refractivity contribution in [3.63, 3.8) is 0 Å². The van der Waals surface area contributed by atoms with Crippen molar-refractivity contribution in [3.8, 4) is 0 Å². The third-order valence-corrected chi connectivity index (χ3v) is 6.63. The molecule has 1 aliphatic heterocycles. The molecule has 0 saturated carbocycles. The van der Waals surface area contributed by atoms with Gasteiger partial charge in [-0.3, -0.25) is 14.2 Å². The molecule has 3 heterocycles. The Labute approximate surface area is 166 Å². The standard InChI is InChI=1S/C20H21N3O2S2/c1-14-4-6-15(7-5-14)12-23-19(25)18-16(8-11-26-18)21-20(23)27-13-17(24)22-9-2-3-10-22/h4-8,11H,2-3,9-10,12-13H2,1H3. The number of thiophene rings is 1. The lowest BCUT2D eigenvalue weighted by Gasteiger charge is -2.16. The summed E-state index contributed by atoms with van der Waals surface area (Å²) in [5, 5.41) is 2.50. The van der Waals surface area contributed by atoms with Crippen LogP contribution in [0.2, 0.25) is 0 Å². The number of hydrogen-bond acceptors (Lipinski definition) is 5. The molecule has 5 nitrogen and oxygen atoms in total. The van der Waals surface area contributed by atoms with Crippen molar-refractivity contribution < 1.29 is 4.79 Å². The van der Waals surface area contributed by atoms with Gasteiger partial charge in [0.25, 0.3) is 5.56 Å². The Bertz CT molecular complexity index is 1020. The predicted molar refractivity (Wildman–Crippen MR) is 111 cm³/mol. The highest BCUT2D eigenvalue weighted by Gasteiger charge is 2.20. The molecular weight excluding hydrogens is 378 g/mol. The number of aromatic nitrogens is 2. The second kappa shape index (κ2) is 7.86. The van der Waals surface area contributed by atoms with Crippen LogP contribution in [0.4, 0.5) is 0 Å². The largest absolute Gasteiger partial charge is 0.342 e. The summed E-state index contributed by atoms with van der Waals surface area (Å²) in [5.41, 5.74) is 2.91. The van der Waals surface area contributed by atoms with Gasteiger partial charge in [0, 0.05) is 13.1 Å². The second-order valence-electron chi connectivity index (χ2n) is 6.78. The van der Waals surface area contributed by atoms with E-state index in [0.29, 0.717) is 27.7 Å². The van der Waals surface area contributed by atoms with Crippen molar-refractivity contribution in [2.75, 3.05) is 18.8 Å². The molecule has 0 N–H and O–H groups in total. The first-order valence-electron chi connectivity index (χ1n) is 9.06. The number of carbonyl (C=O) groups excluding carboxylic acids is 1. The number of benzene rings is 1. The lowest BCUT2D eigenvalue weighted by molar-refractivity contribution is -0.127. The molecule has 0 aliphatic carbocycles. The molecule has 0 spiro atoms. The second-order valence-corrected chi connectivity index (χ2v) is 8.64. The average molecular weight is 400 g/mol. The molecule has 140 valence electrons. The zero-order chi connectivity index (χ0) is 18.8. The van der Waals surface area contributed by atoms with Crippen LogP contribution in [-0.4, -0.2) is 39.2 Å². The minimum absolute atomic E-state index is 0.0355. The van der Waals surface area contributed by atoms with Gasteiger partial charge < -0.3 is 4.90 Å². The Kier molecular flexibility index (Phi) is 5.31. The Morgan fingerprint density at radius 2 is 1.93 bits per heavy atom. The predicted octanol–water partition coefficient (Wildman–Crippen LogP) is 3.53. The number of carbonyl (C=O) groups is 1. The topological polar surface area (TPSA) is 55.2 Å². The molecule has 1 fully saturated rings. The van der Waals surface area contributed by atoms with E-state index in [-0.39, 0.29) is 11.5 Å². The van der Waals surface area contributed by atoms with E-state index in [1.807, 2.05) is 47.5 Å². The number of aryl methyl sites for hydroxylation is 1. The first-order valence-corrected chi connectivity index (χ1v) is 10.9. The van der Waals surface area contributed by atoms with Gasteiger partial charge in [0.05, 0.1) is 17.8 Å². The fraction of sp³-hybridized carbons (Fsp3) is 0.350. The maximum Gasteiger partial charge on any atom is 0.272 e. The smallest absolute Gasteiger partial charge is 0.272 e. The summed E-state index contributed by atoms with van der Waals surface area (Å²) < 4.78 is 2.36. The van der Waals surface area contributed by atoms with E-state index in [9.17, 15) is 9.59 Å². The van der Waals surface area contributed by atoms with E-state index in [2.05, 4.69) is 4.98 Å². The number of thioether (sulfide) groups is 1. The van der Waals surface area contributed by atoms with Gasteiger partial charge in [0.1, 0.15) is 4.70 Å². The lowest BCUT2D eigenvalue weighted by Crippen LogP contribution is -2.30. The van der Waals surface area contributed by atoms with Gasteiger partial charge in [-0.2, -0.15) is 0 Å². The molecule has 0 radical (unpaired) electrons. The van der Waals surface area contributed by atoms with Gasteiger partial charge in [0.15, 0.2) is 5.16 Å². The summed E-state index contributed by atoms with van der Waals surface area (Å²) in [5.74, 6) is 0.440. The zero-order valence-corrected chi connectivity index (χ0v) is 16.8. The molecule has 0 atom stereocenters. The van der Waals surface area contributed by atoms with Gasteiger partial charge in [-0.1, -0.05) is 41.6 Å². The van der Waals surface area contributed by atoms with Crippen molar-refractivity contribution in [2.45, 2.75) is 31.5 Å². The molecule has 1 amide bonds. The van der Waals surface area contributed by atoms with Crippen molar-refractivity contribution in [1.82, 2.24) is 14.5 Å². The summed E-state index contributed by atoms with van der Waals surface area (Å²) in [7, 11) is 0. The first-order chi connectivity index (χ1) is 13.1. The van der Waals surface area contributed by atoms with Crippen LogP contribution in [-0.2, 0) is 11.3 Å². The quantitative estimate of drug-likeness (QED) is 0.486. The first kappa shape index (κ1) is 18.3. The van der Waals surface area contributed by atoms with E-state index in [1.54, 1.807) is 4.57 Å². The normalized spacial score (nSPS) is 14.2. The highest BCUT2D eigenvalue weighted by atomic mass is 32.2. The minimum atomic E-state index is -0.0355. The third kappa shape index (κ3) is 3.94. The summed E-state index contributed by atoms with van der Waals surface area (Å²) in [4.78, 5) is 32.0. The molecule has 2 aromatic heterocycles. The summed E-state index contributed by atoms with van der Waals surface area (Å²) in [6.45, 7) is 4.18. The fourth-order valence-corrected chi connectivity index (χ4v) is 4.91. The average Bonchev–Trinajstić information content (AvgIpc) is 3.35. The summed E-state index contributed by atoms with van der Waals surface area (Å²) >= 11 is 2.78. The van der Waals surface area contributed by atoms with Crippen LogP contribution in [0.1, 0.15) is 24.0 Å². The van der Waals surface area contributed by atoms with E-state index in [0.717, 1.165) is 31.5 Å². The number of rotatable bonds is 5. The Morgan fingerprint density at radius 1 is 1.19 bits per heavy atom. The van der Waals surface area contributed by atoms with Crippen LogP contribution < -0.4 is 5.56 Å². The van der Waals surface area contributed by atoms with E-state index >= 15 is 0 Å². The van der Waals surface area contributed by atoms with E-state index in [1.165, 1.54) is 28.7 Å². The lowest BCUT2D eigenvalue weighted by atomic mass is 10.1. The van der Waals surface area contributed by atoms with Gasteiger partial charge in [-0.25, -0.2) is 4.98 Å². The minimum Gasteiger partial charge on any atom is -0.342 e. The number of amides is 1. The van der Waals surface area contributed by atoms with E-state index < -0.39 is 0 Å². The molecular formula is C20H21N3O2S2. The molecule has 3 aromatic rings. The maximum absolute atomic E-state index is 13.0. The maximum atomic E-state index is 13.0. The van der Waals surface area contributed by atoms with Gasteiger partial charge >= 0.3 is 0 Å². The van der Waals surface area contributed by atoms with Crippen LogP contribution in [0.15, 0.2) is 45.7 Å². The van der Waals surface area contributed by atoms with Crippen molar-refractivity contribution in [1.29, 1.82) is 0 Å². The molecule has 1 saturated heterocycles. The van der Waals surface area contributed by atoms with Crippen LogP contribution in [0.5, 0.6) is 0 Å². The SMILES string of the molecule is Cc1ccc(Cn2c(SCC(=O)N3CCCC3)nc3ccsc3c2=O)cc1. The van der Waals surface area contributed by atoms with Crippen LogP contribution in [0, 0.1) is 6.92 Å². The summed E-state index contributed by atoms with van der Waals surface area (Å²) in [6.07, 6.45) is 2.15. The number of nitrogens with zero attached hydrogens (tertiary/aromatic N) is 3. The van der Waals surface area contributed by atoms with Crippen LogP contribution in [0.3, 0.4) is 0 Å². The Balaban J connectivity index is 1.64.